The fourth-order valence-corrected chi connectivity index (χ4v) is 2.62. The summed E-state index contributed by atoms with van der Waals surface area (Å²) in [6, 6.07) is 5.89. The summed E-state index contributed by atoms with van der Waals surface area (Å²) in [6.07, 6.45) is 0.576. The van der Waals surface area contributed by atoms with Crippen LogP contribution in [-0.4, -0.2) is 46.6 Å². The van der Waals surface area contributed by atoms with Gasteiger partial charge in [0.25, 0.3) is 5.56 Å². The summed E-state index contributed by atoms with van der Waals surface area (Å²) in [6.45, 7) is 0.725. The zero-order chi connectivity index (χ0) is 18.0. The molecular weight excluding hydrogens is 328 g/mol. The van der Waals surface area contributed by atoms with Crippen LogP contribution in [0, 0.1) is 0 Å². The first-order valence-corrected chi connectivity index (χ1v) is 7.44. The highest BCUT2D eigenvalue weighted by molar-refractivity contribution is 5.88. The number of hydrogen-bond acceptors (Lipinski definition) is 7. The van der Waals surface area contributed by atoms with Gasteiger partial charge < -0.3 is 26.4 Å². The highest BCUT2D eigenvalue weighted by Gasteiger charge is 2.29. The Balaban J connectivity index is 1.76. The van der Waals surface area contributed by atoms with Crippen LogP contribution < -0.4 is 26.8 Å². The molecule has 10 heteroatoms. The molecule has 0 spiro atoms. The smallest absolute Gasteiger partial charge is 0.335 e. The maximum atomic E-state index is 12.1. The largest absolute Gasteiger partial charge is 0.478 e. The molecule has 0 fully saturated rings. The number of amides is 1. The number of nitrogens with two attached hydrogens (primary N) is 1. The van der Waals surface area contributed by atoms with Crippen LogP contribution in [0.25, 0.3) is 0 Å². The molecule has 0 radical (unpaired) electrons. The number of nitrogens with zero attached hydrogens (tertiary/aromatic N) is 2. The van der Waals surface area contributed by atoms with Crippen molar-refractivity contribution in [3.05, 3.63) is 40.2 Å². The molecule has 1 aromatic heterocycles. The van der Waals surface area contributed by atoms with Crippen molar-refractivity contribution < 1.29 is 14.7 Å². The van der Waals surface area contributed by atoms with Gasteiger partial charge in [0.15, 0.2) is 11.5 Å². The molecule has 0 saturated heterocycles. The number of hydrogen-bond donors (Lipinski definition) is 5. The van der Waals surface area contributed by atoms with Gasteiger partial charge in [-0.25, -0.2) is 4.79 Å². The monoisotopic (exact) mass is 344 g/mol. The number of fused-ring (bicyclic) bond motifs is 1. The number of rotatable bonds is 5. The van der Waals surface area contributed by atoms with Gasteiger partial charge >= 0.3 is 5.97 Å². The first kappa shape index (κ1) is 16.3. The summed E-state index contributed by atoms with van der Waals surface area (Å²) in [5.74, 6) is -0.773. The van der Waals surface area contributed by atoms with Gasteiger partial charge in [-0.2, -0.15) is 4.98 Å². The van der Waals surface area contributed by atoms with E-state index in [0.717, 1.165) is 0 Å². The summed E-state index contributed by atoms with van der Waals surface area (Å²) in [7, 11) is 0. The van der Waals surface area contributed by atoms with E-state index < -0.39 is 11.5 Å². The van der Waals surface area contributed by atoms with Crippen LogP contribution in [0.15, 0.2) is 29.1 Å². The van der Waals surface area contributed by atoms with E-state index in [-0.39, 0.29) is 29.1 Å². The summed E-state index contributed by atoms with van der Waals surface area (Å²) in [4.78, 5) is 42.1. The second kappa shape index (κ2) is 6.51. The lowest BCUT2D eigenvalue weighted by Crippen LogP contribution is -2.50. The molecule has 1 aromatic carbocycles. The Labute approximate surface area is 141 Å². The van der Waals surface area contributed by atoms with Crippen molar-refractivity contribution in [2.75, 3.05) is 34.4 Å². The Kier molecular flexibility index (Phi) is 4.25. The lowest BCUT2D eigenvalue weighted by atomic mass is 10.1. The molecule has 2 aromatic rings. The van der Waals surface area contributed by atoms with Crippen molar-refractivity contribution in [3.63, 3.8) is 0 Å². The number of benzene rings is 1. The van der Waals surface area contributed by atoms with Crippen LogP contribution >= 0.6 is 0 Å². The molecule has 0 unspecified atom stereocenters. The number of H-pyrrole nitrogens is 1. The topological polar surface area (TPSA) is 153 Å². The van der Waals surface area contributed by atoms with Crippen LogP contribution in [0.5, 0.6) is 0 Å². The van der Waals surface area contributed by atoms with Crippen LogP contribution in [0.1, 0.15) is 10.4 Å². The van der Waals surface area contributed by atoms with Crippen molar-refractivity contribution in [1.29, 1.82) is 0 Å². The van der Waals surface area contributed by atoms with Gasteiger partial charge in [-0.05, 0) is 24.3 Å². The minimum absolute atomic E-state index is 0.0304. The van der Waals surface area contributed by atoms with E-state index in [1.165, 1.54) is 17.0 Å². The van der Waals surface area contributed by atoms with Crippen molar-refractivity contribution in [1.82, 2.24) is 9.97 Å². The average molecular weight is 344 g/mol. The predicted molar refractivity (Wildman–Crippen MR) is 92.0 cm³/mol. The molecule has 2 heterocycles. The summed E-state index contributed by atoms with van der Waals surface area (Å²) < 4.78 is 0. The Morgan fingerprint density at radius 1 is 1.44 bits per heavy atom. The maximum Gasteiger partial charge on any atom is 0.335 e. The van der Waals surface area contributed by atoms with E-state index >= 15 is 0 Å². The predicted octanol–water partition coefficient (Wildman–Crippen LogP) is -0.0807. The fraction of sp³-hybridized carbons (Fsp3) is 0.200. The number of nitrogens with one attached hydrogen (secondary N) is 3. The first-order valence-electron chi connectivity index (χ1n) is 7.44. The number of carbonyl (C=O) groups is 2. The Morgan fingerprint density at radius 2 is 2.16 bits per heavy atom. The highest BCUT2D eigenvalue weighted by atomic mass is 16.4. The SMILES string of the molecule is Nc1nc2c(c(=O)[nH]1)N(C=O)[C@@H](CNc1ccc(C(=O)O)cc1)CN2. The van der Waals surface area contributed by atoms with Gasteiger partial charge in [0, 0.05) is 18.8 Å². The fourth-order valence-electron chi connectivity index (χ4n) is 2.62. The van der Waals surface area contributed by atoms with Crippen molar-refractivity contribution in [3.8, 4) is 0 Å². The third-order valence-corrected chi connectivity index (χ3v) is 3.86. The lowest BCUT2D eigenvalue weighted by Gasteiger charge is -2.34. The van der Waals surface area contributed by atoms with Crippen molar-refractivity contribution in [2.45, 2.75) is 6.04 Å². The number of carbonyl (C=O) groups excluding carboxylic acids is 1. The van der Waals surface area contributed by atoms with Crippen LogP contribution in [0.3, 0.4) is 0 Å². The van der Waals surface area contributed by atoms with Gasteiger partial charge in [-0.3, -0.25) is 14.6 Å². The molecule has 0 saturated carbocycles. The minimum atomic E-state index is -1.00. The number of aromatic carboxylic acids is 1. The molecule has 3 rings (SSSR count). The third-order valence-electron chi connectivity index (χ3n) is 3.86. The Morgan fingerprint density at radius 3 is 2.80 bits per heavy atom. The molecule has 10 nitrogen and oxygen atoms in total. The first-order chi connectivity index (χ1) is 12.0. The average Bonchev–Trinajstić information content (AvgIpc) is 2.59. The van der Waals surface area contributed by atoms with Crippen LogP contribution in [0.4, 0.5) is 23.1 Å². The zero-order valence-corrected chi connectivity index (χ0v) is 13.0. The van der Waals surface area contributed by atoms with E-state index in [1.807, 2.05) is 0 Å². The van der Waals surface area contributed by atoms with Crippen LogP contribution in [-0.2, 0) is 4.79 Å². The number of carboxylic acid groups (broad SMARTS) is 1. The maximum absolute atomic E-state index is 12.1. The minimum Gasteiger partial charge on any atom is -0.478 e. The molecule has 130 valence electrons. The summed E-state index contributed by atoms with van der Waals surface area (Å²) in [5.41, 5.74) is 6.00. The van der Waals surface area contributed by atoms with Gasteiger partial charge in [0.05, 0.1) is 11.6 Å². The standard InChI is InChI=1S/C15H16N6O4/c16-15-19-12-11(13(23)20-15)21(7-22)10(6-18-12)5-17-9-3-1-8(2-4-9)14(24)25/h1-4,7,10,17H,5-6H2,(H,24,25)(H4,16,18,19,20,23)/t10-/m0/s1. The van der Waals surface area contributed by atoms with Gasteiger partial charge in [0.2, 0.25) is 12.4 Å². The highest BCUT2D eigenvalue weighted by Crippen LogP contribution is 2.25. The van der Waals surface area contributed by atoms with E-state index in [0.29, 0.717) is 25.2 Å². The quantitative estimate of drug-likeness (QED) is 0.472. The molecular formula is C15H16N6O4. The number of aromatic nitrogens is 2. The number of aromatic amines is 1. The molecule has 1 aliphatic rings. The Bertz CT molecular complexity index is 863. The van der Waals surface area contributed by atoms with Gasteiger partial charge in [0.1, 0.15) is 0 Å². The number of carboxylic acids is 1. The molecule has 6 N–H and O–H groups in total. The second-order valence-electron chi connectivity index (χ2n) is 5.46. The normalized spacial score (nSPS) is 15.8. The molecule has 0 aliphatic carbocycles. The van der Waals surface area contributed by atoms with E-state index in [2.05, 4.69) is 20.6 Å². The van der Waals surface area contributed by atoms with E-state index in [9.17, 15) is 14.4 Å². The molecule has 1 atom stereocenters. The van der Waals surface area contributed by atoms with Gasteiger partial charge in [-0.15, -0.1) is 0 Å². The summed E-state index contributed by atoms with van der Waals surface area (Å²) >= 11 is 0. The zero-order valence-electron chi connectivity index (χ0n) is 13.0. The number of nitrogen functional groups attached to an aromatic ring is 1. The van der Waals surface area contributed by atoms with Crippen LogP contribution in [0.2, 0.25) is 0 Å². The van der Waals surface area contributed by atoms with Gasteiger partial charge in [-0.1, -0.05) is 0 Å². The molecule has 1 amide bonds. The lowest BCUT2D eigenvalue weighted by molar-refractivity contribution is -0.107. The van der Waals surface area contributed by atoms with E-state index in [4.69, 9.17) is 10.8 Å². The molecule has 25 heavy (non-hydrogen) atoms. The third kappa shape index (κ3) is 3.22. The molecule has 0 bridgehead atoms. The van der Waals surface area contributed by atoms with E-state index in [1.54, 1.807) is 12.1 Å². The van der Waals surface area contributed by atoms with Crippen molar-refractivity contribution >= 4 is 35.5 Å². The Hall–Kier alpha value is -3.56. The van der Waals surface area contributed by atoms with Crippen molar-refractivity contribution in [2.24, 2.45) is 0 Å². The molecule has 1 aliphatic heterocycles. The number of anilines is 4. The second-order valence-corrected chi connectivity index (χ2v) is 5.46. The summed E-state index contributed by atoms with van der Waals surface area (Å²) in [5, 5.41) is 15.0.